The summed E-state index contributed by atoms with van der Waals surface area (Å²) in [7, 11) is 0. The topological polar surface area (TPSA) is 57.7 Å². The fraction of sp³-hybridized carbons (Fsp3) is 0.682. The predicted octanol–water partition coefficient (Wildman–Crippen LogP) is 3.99. The molecule has 0 aromatic heterocycles. The summed E-state index contributed by atoms with van der Waals surface area (Å²) >= 11 is 0. The molecule has 0 N–H and O–H groups in total. The highest BCUT2D eigenvalue weighted by molar-refractivity contribution is 6.12. The van der Waals surface area contributed by atoms with Crippen LogP contribution in [0.3, 0.4) is 0 Å². The maximum Gasteiger partial charge on any atom is 0.256 e. The number of unbranched alkanes of at least 4 members (excludes halogenated alkanes) is 9. The fourth-order valence-corrected chi connectivity index (χ4v) is 3.79. The number of rotatable bonds is 13. The number of amides is 3. The van der Waals surface area contributed by atoms with Crippen LogP contribution >= 0.6 is 0 Å². The fourth-order valence-electron chi connectivity index (χ4n) is 3.79. The molecule has 2 aliphatic rings. The summed E-state index contributed by atoms with van der Waals surface area (Å²) in [5, 5.41) is 0. The van der Waals surface area contributed by atoms with Crippen molar-refractivity contribution < 1.29 is 14.4 Å². The molecule has 0 unspecified atom stereocenters. The first-order valence-electron chi connectivity index (χ1n) is 10.5. The number of likely N-dealkylation sites (tertiary alicyclic amines) is 2. The Balaban J connectivity index is 1.35. The lowest BCUT2D eigenvalue weighted by atomic mass is 10.1. The van der Waals surface area contributed by atoms with Gasteiger partial charge < -0.3 is 4.90 Å². The zero-order valence-corrected chi connectivity index (χ0v) is 16.6. The first kappa shape index (κ1) is 21.4. The van der Waals surface area contributed by atoms with E-state index in [1.807, 2.05) is 4.90 Å². The van der Waals surface area contributed by atoms with E-state index < -0.39 is 0 Å². The van der Waals surface area contributed by atoms with Crippen molar-refractivity contribution in [1.29, 1.82) is 0 Å². The van der Waals surface area contributed by atoms with Crippen molar-refractivity contribution in [3.05, 3.63) is 24.3 Å². The largest absolute Gasteiger partial charge is 0.339 e. The highest BCUT2D eigenvalue weighted by Crippen LogP contribution is 2.18. The summed E-state index contributed by atoms with van der Waals surface area (Å²) in [5.74, 6) is -0.124. The average Bonchev–Trinajstić information content (AvgIpc) is 3.08. The molecule has 0 radical (unpaired) electrons. The second-order valence-corrected chi connectivity index (χ2v) is 7.81. The Morgan fingerprint density at radius 2 is 1.19 bits per heavy atom. The van der Waals surface area contributed by atoms with E-state index >= 15 is 0 Å². The Hall–Kier alpha value is -1.91. The molecule has 0 aromatic rings. The standard InChI is InChI=1S/C22H34N2O3/c1-18-13-16-23(21(18)26)14-11-9-7-5-3-4-6-8-10-12-15-24-20(25)17-19(2)22(24)27/h1-17H2. The first-order valence-corrected chi connectivity index (χ1v) is 10.5. The number of hydrogen-bond donors (Lipinski definition) is 0. The van der Waals surface area contributed by atoms with Crippen molar-refractivity contribution in [2.45, 2.75) is 77.0 Å². The van der Waals surface area contributed by atoms with E-state index in [0.717, 1.165) is 50.8 Å². The Bertz CT molecular complexity index is 582. The van der Waals surface area contributed by atoms with Crippen molar-refractivity contribution in [2.24, 2.45) is 0 Å². The van der Waals surface area contributed by atoms with Crippen LogP contribution in [0.25, 0.3) is 0 Å². The van der Waals surface area contributed by atoms with E-state index in [4.69, 9.17) is 0 Å². The van der Waals surface area contributed by atoms with Gasteiger partial charge in [-0.25, -0.2) is 0 Å². The van der Waals surface area contributed by atoms with Crippen LogP contribution in [-0.4, -0.2) is 47.2 Å². The summed E-state index contributed by atoms with van der Waals surface area (Å²) in [5.41, 5.74) is 1.19. The molecule has 0 bridgehead atoms. The van der Waals surface area contributed by atoms with Gasteiger partial charge in [-0.1, -0.05) is 64.5 Å². The van der Waals surface area contributed by atoms with Crippen LogP contribution in [0.2, 0.25) is 0 Å². The lowest BCUT2D eigenvalue weighted by molar-refractivity contribution is -0.137. The third kappa shape index (κ3) is 6.64. The Kier molecular flexibility index (Phi) is 8.76. The minimum Gasteiger partial charge on any atom is -0.339 e. The van der Waals surface area contributed by atoms with Gasteiger partial charge in [0.15, 0.2) is 0 Å². The summed E-state index contributed by atoms with van der Waals surface area (Å²) in [6.45, 7) is 9.71. The van der Waals surface area contributed by atoms with Gasteiger partial charge in [-0.15, -0.1) is 0 Å². The minimum atomic E-state index is -0.181. The molecule has 2 saturated heterocycles. The van der Waals surface area contributed by atoms with E-state index in [2.05, 4.69) is 13.2 Å². The average molecular weight is 375 g/mol. The maximum atomic E-state index is 11.7. The highest BCUT2D eigenvalue weighted by atomic mass is 16.2. The summed E-state index contributed by atoms with van der Waals surface area (Å²) in [6, 6.07) is 0. The molecule has 2 fully saturated rings. The van der Waals surface area contributed by atoms with Crippen LogP contribution in [0, 0.1) is 0 Å². The monoisotopic (exact) mass is 374 g/mol. The summed E-state index contributed by atoms with van der Waals surface area (Å²) in [6.07, 6.45) is 12.7. The molecular formula is C22H34N2O3. The lowest BCUT2D eigenvalue weighted by Crippen LogP contribution is -2.30. The Labute approximate surface area is 163 Å². The summed E-state index contributed by atoms with van der Waals surface area (Å²) < 4.78 is 0. The van der Waals surface area contributed by atoms with Crippen molar-refractivity contribution in [3.63, 3.8) is 0 Å². The molecule has 27 heavy (non-hydrogen) atoms. The highest BCUT2D eigenvalue weighted by Gasteiger charge is 2.31. The number of hydrogen-bond acceptors (Lipinski definition) is 3. The lowest BCUT2D eigenvalue weighted by Gasteiger charge is -2.14. The van der Waals surface area contributed by atoms with Crippen LogP contribution in [0.4, 0.5) is 0 Å². The van der Waals surface area contributed by atoms with Gasteiger partial charge in [-0.3, -0.25) is 19.3 Å². The van der Waals surface area contributed by atoms with Crippen LogP contribution in [-0.2, 0) is 14.4 Å². The smallest absolute Gasteiger partial charge is 0.256 e. The van der Waals surface area contributed by atoms with Gasteiger partial charge in [-0.05, 0) is 19.3 Å². The van der Waals surface area contributed by atoms with Crippen molar-refractivity contribution in [1.82, 2.24) is 9.80 Å². The number of carbonyl (C=O) groups excluding carboxylic acids is 3. The van der Waals surface area contributed by atoms with Crippen molar-refractivity contribution >= 4 is 17.7 Å². The third-order valence-electron chi connectivity index (χ3n) is 5.55. The number of imide groups is 1. The summed E-state index contributed by atoms with van der Waals surface area (Å²) in [4.78, 5) is 38.4. The molecule has 150 valence electrons. The molecule has 3 amide bonds. The SMILES string of the molecule is C=C1CCN(CCCCCCCCCCCCN2C(=O)CC(=C)C2=O)C1=O. The second-order valence-electron chi connectivity index (χ2n) is 7.81. The minimum absolute atomic E-state index is 0.0935. The van der Waals surface area contributed by atoms with E-state index in [9.17, 15) is 14.4 Å². The molecule has 0 atom stereocenters. The van der Waals surface area contributed by atoms with E-state index in [1.165, 1.54) is 43.4 Å². The Morgan fingerprint density at radius 3 is 1.63 bits per heavy atom. The van der Waals surface area contributed by atoms with Crippen LogP contribution in [0.1, 0.15) is 77.0 Å². The van der Waals surface area contributed by atoms with Crippen molar-refractivity contribution in [2.75, 3.05) is 19.6 Å². The molecule has 0 spiro atoms. The molecule has 0 aliphatic carbocycles. The predicted molar refractivity (Wildman–Crippen MR) is 107 cm³/mol. The second kappa shape index (κ2) is 11.1. The van der Waals surface area contributed by atoms with Crippen LogP contribution < -0.4 is 0 Å². The third-order valence-corrected chi connectivity index (χ3v) is 5.55. The maximum absolute atomic E-state index is 11.7. The molecule has 0 saturated carbocycles. The molecule has 5 heteroatoms. The van der Waals surface area contributed by atoms with Crippen LogP contribution in [0.15, 0.2) is 24.3 Å². The van der Waals surface area contributed by atoms with Crippen molar-refractivity contribution in [3.8, 4) is 0 Å². The number of nitrogens with zero attached hydrogens (tertiary/aromatic N) is 2. The van der Waals surface area contributed by atoms with Gasteiger partial charge in [0, 0.05) is 30.8 Å². The number of carbonyl (C=O) groups is 3. The zero-order valence-electron chi connectivity index (χ0n) is 16.6. The quantitative estimate of drug-likeness (QED) is 0.278. The zero-order chi connectivity index (χ0) is 19.6. The van der Waals surface area contributed by atoms with E-state index in [-0.39, 0.29) is 24.1 Å². The molecular weight excluding hydrogens is 340 g/mol. The van der Waals surface area contributed by atoms with E-state index in [1.54, 1.807) is 0 Å². The van der Waals surface area contributed by atoms with Crippen LogP contribution in [0.5, 0.6) is 0 Å². The van der Waals surface area contributed by atoms with Gasteiger partial charge in [0.2, 0.25) is 11.8 Å². The van der Waals surface area contributed by atoms with Gasteiger partial charge in [-0.2, -0.15) is 0 Å². The molecule has 2 aliphatic heterocycles. The molecule has 0 aromatic carbocycles. The molecule has 2 heterocycles. The van der Waals surface area contributed by atoms with E-state index in [0.29, 0.717) is 12.1 Å². The normalized spacial score (nSPS) is 17.7. The van der Waals surface area contributed by atoms with Gasteiger partial charge >= 0.3 is 0 Å². The van der Waals surface area contributed by atoms with Gasteiger partial charge in [0.25, 0.3) is 5.91 Å². The van der Waals surface area contributed by atoms with Gasteiger partial charge in [0.1, 0.15) is 0 Å². The van der Waals surface area contributed by atoms with Gasteiger partial charge in [0.05, 0.1) is 6.42 Å². The molecule has 2 rings (SSSR count). The Morgan fingerprint density at radius 1 is 0.667 bits per heavy atom. The first-order chi connectivity index (χ1) is 13.0. The molecule has 5 nitrogen and oxygen atoms in total.